The van der Waals surface area contributed by atoms with Gasteiger partial charge in [-0.15, -0.1) is 11.3 Å². The number of benzene rings is 1. The Morgan fingerprint density at radius 3 is 2.67 bits per heavy atom. The first-order valence-corrected chi connectivity index (χ1v) is 12.5. The van der Waals surface area contributed by atoms with Gasteiger partial charge in [-0.25, -0.2) is 0 Å². The van der Waals surface area contributed by atoms with Crippen LogP contribution < -0.4 is 10.2 Å². The molecule has 0 spiro atoms. The number of nitrogens with zero attached hydrogens (tertiary/aromatic N) is 3. The number of nitrogens with one attached hydrogen (secondary N) is 1. The Morgan fingerprint density at radius 1 is 1.24 bits per heavy atom. The molecule has 2 saturated heterocycles. The van der Waals surface area contributed by atoms with Crippen LogP contribution in [0.15, 0.2) is 30.5 Å². The molecule has 8 heteroatoms. The van der Waals surface area contributed by atoms with Gasteiger partial charge in [0.1, 0.15) is 0 Å². The molecule has 2 amide bonds. The maximum Gasteiger partial charge on any atom is 0.232 e. The molecule has 1 unspecified atom stereocenters. The zero-order valence-corrected chi connectivity index (χ0v) is 20.6. The van der Waals surface area contributed by atoms with Crippen LogP contribution in [0.25, 0.3) is 21.3 Å². The fourth-order valence-electron chi connectivity index (χ4n) is 4.72. The number of likely N-dealkylation sites (N-methyl/N-ethyl adjacent to an activating group) is 1. The minimum Gasteiger partial charge on any atom is -0.368 e. The molecule has 172 valence electrons. The summed E-state index contributed by atoms with van der Waals surface area (Å²) in [7, 11) is 2.15. The van der Waals surface area contributed by atoms with Crippen molar-refractivity contribution in [3.63, 3.8) is 0 Å². The maximum absolute atomic E-state index is 12.4. The lowest BCUT2D eigenvalue weighted by atomic mass is 9.96. The van der Waals surface area contributed by atoms with E-state index in [9.17, 15) is 9.59 Å². The molecule has 0 radical (unpaired) electrons. The highest BCUT2D eigenvalue weighted by Crippen LogP contribution is 2.42. The fraction of sp³-hybridized carbons (Fsp3) is 0.400. The average molecular weight is 483 g/mol. The SMILES string of the molecule is CCc1cc(Cl)cc(-c2ccnc3cc(CN4C(=O)CC(C)C4=O)sc23)c1N(C)C1CNC1. The van der Waals surface area contributed by atoms with Gasteiger partial charge in [0.15, 0.2) is 0 Å². The standard InChI is InChI=1S/C25H27ClN4O2S/c1-4-15-8-16(26)9-20(23(15)29(3)17-11-27-12-17)19-5-6-28-21-10-18(33-24(19)21)13-30-22(31)7-14(2)25(30)32/h5-6,8-10,14,17,27H,4,7,11-13H2,1-3H3. The molecule has 33 heavy (non-hydrogen) atoms. The van der Waals surface area contributed by atoms with E-state index in [1.807, 2.05) is 31.3 Å². The number of imide groups is 1. The first kappa shape index (κ1) is 22.3. The minimum absolute atomic E-state index is 0.0916. The molecule has 3 aromatic rings. The summed E-state index contributed by atoms with van der Waals surface area (Å²) >= 11 is 8.17. The van der Waals surface area contributed by atoms with Gasteiger partial charge < -0.3 is 10.2 Å². The molecule has 1 N–H and O–H groups in total. The number of carbonyl (C=O) groups excluding carboxylic acids is 2. The lowest BCUT2D eigenvalue weighted by Gasteiger charge is -2.39. The van der Waals surface area contributed by atoms with Crippen molar-refractivity contribution in [1.82, 2.24) is 15.2 Å². The number of anilines is 1. The largest absolute Gasteiger partial charge is 0.368 e. The third-order valence-electron chi connectivity index (χ3n) is 6.73. The molecule has 0 aliphatic carbocycles. The number of hydrogen-bond donors (Lipinski definition) is 1. The summed E-state index contributed by atoms with van der Waals surface area (Å²) in [5, 5.41) is 4.08. The quantitative estimate of drug-likeness (QED) is 0.525. The van der Waals surface area contributed by atoms with Crippen molar-refractivity contribution in [3.8, 4) is 11.1 Å². The number of aromatic nitrogens is 1. The lowest BCUT2D eigenvalue weighted by Crippen LogP contribution is -2.56. The van der Waals surface area contributed by atoms with E-state index in [0.717, 1.165) is 50.8 Å². The number of amides is 2. The van der Waals surface area contributed by atoms with Gasteiger partial charge in [0.05, 0.1) is 22.8 Å². The molecule has 2 aromatic heterocycles. The van der Waals surface area contributed by atoms with E-state index in [0.29, 0.717) is 19.0 Å². The molecule has 1 atom stereocenters. The van der Waals surface area contributed by atoms with E-state index in [-0.39, 0.29) is 17.7 Å². The van der Waals surface area contributed by atoms with Crippen LogP contribution in [-0.4, -0.2) is 47.9 Å². The molecule has 2 aliphatic rings. The summed E-state index contributed by atoms with van der Waals surface area (Å²) in [6.07, 6.45) is 3.00. The molecular formula is C25H27ClN4O2S. The van der Waals surface area contributed by atoms with Crippen LogP contribution in [-0.2, 0) is 22.6 Å². The number of pyridine rings is 1. The van der Waals surface area contributed by atoms with Gasteiger partial charge in [-0.05, 0) is 36.2 Å². The van der Waals surface area contributed by atoms with Crippen molar-refractivity contribution >= 4 is 50.7 Å². The zero-order valence-electron chi connectivity index (χ0n) is 19.0. The number of fused-ring (bicyclic) bond motifs is 1. The third-order valence-corrected chi connectivity index (χ3v) is 8.09. The van der Waals surface area contributed by atoms with Crippen molar-refractivity contribution in [2.75, 3.05) is 25.0 Å². The van der Waals surface area contributed by atoms with Crippen molar-refractivity contribution in [2.24, 2.45) is 5.92 Å². The van der Waals surface area contributed by atoms with Gasteiger partial charge in [0.25, 0.3) is 0 Å². The number of hydrogen-bond acceptors (Lipinski definition) is 6. The Hall–Kier alpha value is -2.48. The Labute approximate surface area is 202 Å². The van der Waals surface area contributed by atoms with E-state index < -0.39 is 0 Å². The maximum atomic E-state index is 12.4. The van der Waals surface area contributed by atoms with Gasteiger partial charge in [-0.2, -0.15) is 0 Å². The van der Waals surface area contributed by atoms with Crippen LogP contribution in [0.3, 0.4) is 0 Å². The van der Waals surface area contributed by atoms with Crippen molar-refractivity contribution in [1.29, 1.82) is 0 Å². The zero-order chi connectivity index (χ0) is 23.3. The molecule has 4 heterocycles. The Bertz CT molecular complexity index is 1250. The molecular weight excluding hydrogens is 456 g/mol. The van der Waals surface area contributed by atoms with E-state index >= 15 is 0 Å². The molecule has 1 aromatic carbocycles. The number of likely N-dealkylation sites (tertiary alicyclic amines) is 1. The van der Waals surface area contributed by atoms with Gasteiger partial charge >= 0.3 is 0 Å². The second-order valence-corrected chi connectivity index (χ2v) is 10.5. The summed E-state index contributed by atoms with van der Waals surface area (Å²) in [6, 6.07) is 8.59. The number of aryl methyl sites for hydroxylation is 1. The van der Waals surface area contributed by atoms with E-state index in [2.05, 4.69) is 35.2 Å². The average Bonchev–Trinajstić information content (AvgIpc) is 3.27. The lowest BCUT2D eigenvalue weighted by molar-refractivity contribution is -0.139. The van der Waals surface area contributed by atoms with Crippen LogP contribution in [0.4, 0.5) is 5.69 Å². The summed E-state index contributed by atoms with van der Waals surface area (Å²) in [5.41, 5.74) is 5.47. The van der Waals surface area contributed by atoms with Gasteiger partial charge in [0.2, 0.25) is 11.8 Å². The van der Waals surface area contributed by atoms with Crippen LogP contribution in [0, 0.1) is 5.92 Å². The number of thiophene rings is 1. The summed E-state index contributed by atoms with van der Waals surface area (Å²) in [5.74, 6) is -0.428. The van der Waals surface area contributed by atoms with Gasteiger partial charge in [-0.1, -0.05) is 25.4 Å². The second-order valence-electron chi connectivity index (χ2n) is 8.95. The van der Waals surface area contributed by atoms with Crippen LogP contribution in [0.2, 0.25) is 5.02 Å². The first-order valence-electron chi connectivity index (χ1n) is 11.3. The Balaban J connectivity index is 1.60. The van der Waals surface area contributed by atoms with E-state index in [4.69, 9.17) is 11.6 Å². The highest BCUT2D eigenvalue weighted by molar-refractivity contribution is 7.19. The smallest absolute Gasteiger partial charge is 0.232 e. The molecule has 0 bridgehead atoms. The van der Waals surface area contributed by atoms with Crippen LogP contribution >= 0.6 is 22.9 Å². The highest BCUT2D eigenvalue weighted by atomic mass is 35.5. The van der Waals surface area contributed by atoms with Gasteiger partial charge in [-0.3, -0.25) is 19.5 Å². The number of halogens is 1. The molecule has 6 nitrogen and oxygen atoms in total. The number of carbonyl (C=O) groups is 2. The summed E-state index contributed by atoms with van der Waals surface area (Å²) < 4.78 is 1.05. The second kappa shape index (κ2) is 8.70. The van der Waals surface area contributed by atoms with Crippen molar-refractivity contribution < 1.29 is 9.59 Å². The minimum atomic E-state index is -0.237. The highest BCUT2D eigenvalue weighted by Gasteiger charge is 2.35. The molecule has 0 saturated carbocycles. The monoisotopic (exact) mass is 482 g/mol. The molecule has 2 fully saturated rings. The summed E-state index contributed by atoms with van der Waals surface area (Å²) in [4.78, 5) is 34.0. The fourth-order valence-corrected chi connectivity index (χ4v) is 6.10. The van der Waals surface area contributed by atoms with Crippen molar-refractivity contribution in [2.45, 2.75) is 39.3 Å². The van der Waals surface area contributed by atoms with Crippen LogP contribution in [0.5, 0.6) is 0 Å². The van der Waals surface area contributed by atoms with E-state index in [1.165, 1.54) is 16.2 Å². The number of rotatable bonds is 6. The van der Waals surface area contributed by atoms with Gasteiger partial charge in [0, 0.05) is 65.4 Å². The normalized spacial score (nSPS) is 18.9. The first-order chi connectivity index (χ1) is 15.9. The Morgan fingerprint density at radius 2 is 2.03 bits per heavy atom. The summed E-state index contributed by atoms with van der Waals surface area (Å²) in [6.45, 7) is 6.20. The predicted octanol–water partition coefficient (Wildman–Crippen LogP) is 4.48. The Kier molecular flexibility index (Phi) is 5.89. The third kappa shape index (κ3) is 3.92. The van der Waals surface area contributed by atoms with Crippen molar-refractivity contribution in [3.05, 3.63) is 45.9 Å². The molecule has 5 rings (SSSR count). The van der Waals surface area contributed by atoms with E-state index in [1.54, 1.807) is 11.3 Å². The van der Waals surface area contributed by atoms with Crippen LogP contribution in [0.1, 0.15) is 30.7 Å². The molecule has 2 aliphatic heterocycles. The predicted molar refractivity (Wildman–Crippen MR) is 134 cm³/mol. The topological polar surface area (TPSA) is 65.5 Å².